The fourth-order valence-corrected chi connectivity index (χ4v) is 0.283. The molecule has 2 N–H and O–H groups in total. The molecule has 0 aromatic rings. The van der Waals surface area contributed by atoms with E-state index in [-0.39, 0.29) is 11.0 Å². The molecule has 0 spiro atoms. The highest BCUT2D eigenvalue weighted by Gasteiger charge is 1.90. The number of rotatable bonds is 1. The van der Waals surface area contributed by atoms with Gasteiger partial charge in [0.05, 0.1) is 5.88 Å². The molecule has 0 heterocycles. The maximum Gasteiger partial charge on any atom is 0.218 e. The van der Waals surface area contributed by atoms with Crippen LogP contribution in [-0.4, -0.2) is 11.0 Å². The molecule has 0 aliphatic carbocycles. The Balaban J connectivity index is 2.99. The van der Waals surface area contributed by atoms with Gasteiger partial charge in [0.1, 0.15) is 0 Å². The van der Waals surface area contributed by atoms with Crippen LogP contribution in [0.15, 0.2) is 0 Å². The first kappa shape index (κ1) is 6.27. The average molecular weight is 126 g/mol. The third-order valence-electron chi connectivity index (χ3n) is 0.241. The van der Waals surface area contributed by atoms with Gasteiger partial charge >= 0.3 is 0 Å². The van der Waals surface area contributed by atoms with Gasteiger partial charge in [0.2, 0.25) is 5.12 Å². The minimum Gasteiger partial charge on any atom is -0.284 e. The van der Waals surface area contributed by atoms with Gasteiger partial charge in [0, 0.05) is 0 Å². The van der Waals surface area contributed by atoms with Crippen LogP contribution in [0.3, 0.4) is 0 Å². The van der Waals surface area contributed by atoms with Crippen molar-refractivity contribution in [2.75, 3.05) is 5.88 Å². The average Bonchev–Trinajstić information content (AvgIpc) is 1.65. The molecule has 0 aliphatic heterocycles. The van der Waals surface area contributed by atoms with Crippen molar-refractivity contribution < 1.29 is 4.79 Å². The zero-order valence-electron chi connectivity index (χ0n) is 2.98. The lowest BCUT2D eigenvalue weighted by atomic mass is 10.9. The van der Waals surface area contributed by atoms with Gasteiger partial charge in [-0.25, -0.2) is 0 Å². The van der Waals surface area contributed by atoms with Gasteiger partial charge in [-0.15, -0.1) is 11.6 Å². The second-order valence-electron chi connectivity index (χ2n) is 0.623. The van der Waals surface area contributed by atoms with Crippen LogP contribution in [0.25, 0.3) is 0 Å². The van der Waals surface area contributed by atoms with Gasteiger partial charge < -0.3 is 0 Å². The summed E-state index contributed by atoms with van der Waals surface area (Å²) < 4.78 is 0. The van der Waals surface area contributed by atoms with Crippen LogP contribution in [0.5, 0.6) is 0 Å². The van der Waals surface area contributed by atoms with Gasteiger partial charge in [0.25, 0.3) is 0 Å². The third-order valence-corrected chi connectivity index (χ3v) is 1.05. The van der Waals surface area contributed by atoms with Crippen molar-refractivity contribution in [1.29, 1.82) is 0 Å². The summed E-state index contributed by atoms with van der Waals surface area (Å²) in [6, 6.07) is 0. The molecule has 0 aliphatic rings. The first-order valence-electron chi connectivity index (χ1n) is 1.26. The molecule has 0 bridgehead atoms. The number of halogens is 1. The van der Waals surface area contributed by atoms with Crippen LogP contribution >= 0.6 is 23.5 Å². The zero-order valence-corrected chi connectivity index (χ0v) is 4.55. The molecular formula is C2H4ClNOS. The van der Waals surface area contributed by atoms with E-state index in [2.05, 4.69) is 0 Å². The molecule has 0 amide bonds. The highest BCUT2D eigenvalue weighted by atomic mass is 35.5. The van der Waals surface area contributed by atoms with Crippen molar-refractivity contribution in [3.63, 3.8) is 0 Å². The molecule has 36 valence electrons. The summed E-state index contributed by atoms with van der Waals surface area (Å²) in [6.45, 7) is 0. The first-order chi connectivity index (χ1) is 2.81. The maximum atomic E-state index is 9.89. The van der Waals surface area contributed by atoms with Gasteiger partial charge in [0.15, 0.2) is 0 Å². The summed E-state index contributed by atoms with van der Waals surface area (Å²) in [5, 5.41) is 4.57. The van der Waals surface area contributed by atoms with E-state index in [1.54, 1.807) is 0 Å². The molecule has 0 rings (SSSR count). The topological polar surface area (TPSA) is 43.1 Å². The number of alkyl halides is 1. The number of nitrogens with two attached hydrogens (primary N) is 1. The largest absolute Gasteiger partial charge is 0.284 e. The van der Waals surface area contributed by atoms with Crippen LogP contribution in [0, 0.1) is 0 Å². The molecule has 0 radical (unpaired) electrons. The molecule has 0 saturated heterocycles. The van der Waals surface area contributed by atoms with E-state index in [4.69, 9.17) is 16.7 Å². The molecule has 2 nitrogen and oxygen atoms in total. The predicted molar refractivity (Wildman–Crippen MR) is 27.5 cm³/mol. The third kappa shape index (κ3) is 2.50. The van der Waals surface area contributed by atoms with Crippen LogP contribution in [0.2, 0.25) is 0 Å². The lowest BCUT2D eigenvalue weighted by Crippen LogP contribution is -1.95. The maximum absolute atomic E-state index is 9.89. The van der Waals surface area contributed by atoms with Crippen molar-refractivity contribution in [2.45, 2.75) is 0 Å². The molecule has 4 heteroatoms. The Morgan fingerprint density at radius 3 is 2.50 bits per heavy atom. The van der Waals surface area contributed by atoms with E-state index >= 15 is 0 Å². The number of hydrogen-bond donors (Lipinski definition) is 1. The normalized spacial score (nSPS) is 8.33. The molecule has 0 saturated carbocycles. The lowest BCUT2D eigenvalue weighted by Gasteiger charge is -1.79. The summed E-state index contributed by atoms with van der Waals surface area (Å²) in [5.74, 6) is 0.00116. The second-order valence-corrected chi connectivity index (χ2v) is 1.58. The van der Waals surface area contributed by atoms with Crippen molar-refractivity contribution in [3.05, 3.63) is 0 Å². The minimum absolute atomic E-state index is 0.00116. The van der Waals surface area contributed by atoms with E-state index in [0.717, 1.165) is 0 Å². The molecule has 0 fully saturated rings. The highest BCUT2D eigenvalue weighted by Crippen LogP contribution is 1.89. The van der Waals surface area contributed by atoms with E-state index in [1.165, 1.54) is 0 Å². The van der Waals surface area contributed by atoms with Gasteiger partial charge in [-0.3, -0.25) is 9.93 Å². The number of carbonyl (C=O) groups excluding carboxylic acids is 1. The Morgan fingerprint density at radius 2 is 2.50 bits per heavy atom. The smallest absolute Gasteiger partial charge is 0.218 e. The summed E-state index contributed by atoms with van der Waals surface area (Å²) >= 11 is 5.66. The predicted octanol–water partition coefficient (Wildman–Crippen LogP) is 0.359. The summed E-state index contributed by atoms with van der Waals surface area (Å²) in [5.41, 5.74) is 0. The Hall–Kier alpha value is 0.270. The van der Waals surface area contributed by atoms with Gasteiger partial charge in [-0.2, -0.15) is 0 Å². The van der Waals surface area contributed by atoms with E-state index in [1.807, 2.05) is 0 Å². The zero-order chi connectivity index (χ0) is 4.99. The fourth-order valence-electron chi connectivity index (χ4n) is 0.0315. The molecule has 0 aromatic carbocycles. The molecule has 6 heavy (non-hydrogen) atoms. The van der Waals surface area contributed by atoms with E-state index in [0.29, 0.717) is 11.9 Å². The Kier molecular flexibility index (Phi) is 3.62. The standard InChI is InChI=1S/C2H4ClNOS/c3-1-2(5)6-4/h1,4H2. The molecular weight excluding hydrogens is 122 g/mol. The Morgan fingerprint density at radius 1 is 2.00 bits per heavy atom. The van der Waals surface area contributed by atoms with Crippen LogP contribution < -0.4 is 5.14 Å². The Labute approximate surface area is 45.2 Å². The van der Waals surface area contributed by atoms with Crippen LogP contribution in [-0.2, 0) is 4.79 Å². The van der Waals surface area contributed by atoms with E-state index < -0.39 is 0 Å². The second kappa shape index (κ2) is 3.46. The minimum atomic E-state index is -0.198. The van der Waals surface area contributed by atoms with Gasteiger partial charge in [-0.1, -0.05) is 0 Å². The van der Waals surface area contributed by atoms with Crippen molar-refractivity contribution in [3.8, 4) is 0 Å². The van der Waals surface area contributed by atoms with E-state index in [9.17, 15) is 4.79 Å². The van der Waals surface area contributed by atoms with Crippen LogP contribution in [0.1, 0.15) is 0 Å². The monoisotopic (exact) mass is 125 g/mol. The van der Waals surface area contributed by atoms with Crippen molar-refractivity contribution in [2.24, 2.45) is 5.14 Å². The number of hydrogen-bond acceptors (Lipinski definition) is 3. The molecule has 0 aromatic heterocycles. The summed E-state index contributed by atoms with van der Waals surface area (Å²) in [7, 11) is 0. The van der Waals surface area contributed by atoms with Gasteiger partial charge in [-0.05, 0) is 11.9 Å². The lowest BCUT2D eigenvalue weighted by molar-refractivity contribution is -0.108. The van der Waals surface area contributed by atoms with Crippen molar-refractivity contribution >= 4 is 28.7 Å². The first-order valence-corrected chi connectivity index (χ1v) is 2.68. The summed E-state index contributed by atoms with van der Waals surface area (Å²) in [4.78, 5) is 9.89. The number of carbonyl (C=O) groups is 1. The Bertz CT molecular complexity index is 51.5. The fraction of sp³-hybridized carbons (Fsp3) is 0.500. The molecule has 0 atom stereocenters. The highest BCUT2D eigenvalue weighted by molar-refractivity contribution is 8.11. The van der Waals surface area contributed by atoms with Crippen molar-refractivity contribution in [1.82, 2.24) is 0 Å². The summed E-state index contributed by atoms with van der Waals surface area (Å²) in [6.07, 6.45) is 0. The molecule has 0 unspecified atom stereocenters. The quantitative estimate of drug-likeness (QED) is 0.407. The van der Waals surface area contributed by atoms with Crippen LogP contribution in [0.4, 0.5) is 0 Å². The SMILES string of the molecule is NSC(=O)CCl.